The van der Waals surface area contributed by atoms with Crippen LogP contribution < -0.4 is 10.6 Å². The largest absolute Gasteiger partial charge is 0.358 e. The molecule has 14 heavy (non-hydrogen) atoms. The molecule has 1 atom stereocenters. The van der Waals surface area contributed by atoms with Crippen molar-refractivity contribution in [1.82, 2.24) is 15.6 Å². The van der Waals surface area contributed by atoms with Gasteiger partial charge in [0, 0.05) is 18.5 Å². The minimum atomic E-state index is -0.0104. The van der Waals surface area contributed by atoms with Crippen LogP contribution in [-0.4, -0.2) is 24.5 Å². The van der Waals surface area contributed by atoms with Crippen molar-refractivity contribution in [3.05, 3.63) is 16.1 Å². The first-order valence-electron chi connectivity index (χ1n) is 4.49. The van der Waals surface area contributed by atoms with E-state index in [9.17, 15) is 4.79 Å². The number of carbonyl (C=O) groups excluding carboxylic acids is 1. The Morgan fingerprint density at radius 1 is 1.71 bits per heavy atom. The lowest BCUT2D eigenvalue weighted by atomic mass is 10.2. The van der Waals surface area contributed by atoms with Crippen LogP contribution in [-0.2, 0) is 4.79 Å². The fraction of sp³-hybridized carbons (Fsp3) is 0.556. The molecule has 0 bridgehead atoms. The van der Waals surface area contributed by atoms with Gasteiger partial charge in [0.1, 0.15) is 0 Å². The van der Waals surface area contributed by atoms with Crippen molar-refractivity contribution >= 4 is 17.2 Å². The number of hydrogen-bond acceptors (Lipinski definition) is 4. The van der Waals surface area contributed by atoms with E-state index in [4.69, 9.17) is 0 Å². The van der Waals surface area contributed by atoms with E-state index < -0.39 is 0 Å². The zero-order valence-electron chi connectivity index (χ0n) is 8.63. The van der Waals surface area contributed by atoms with Crippen LogP contribution in [0.1, 0.15) is 23.7 Å². The van der Waals surface area contributed by atoms with Gasteiger partial charge in [0.25, 0.3) is 0 Å². The Kier molecular flexibility index (Phi) is 4.03. The predicted octanol–water partition coefficient (Wildman–Crippen LogP) is 0.848. The molecule has 1 rings (SSSR count). The van der Waals surface area contributed by atoms with Crippen molar-refractivity contribution in [1.29, 1.82) is 0 Å². The number of carbonyl (C=O) groups is 1. The maximum absolute atomic E-state index is 11.0. The molecule has 0 saturated heterocycles. The number of aromatic nitrogens is 1. The lowest BCUT2D eigenvalue weighted by Crippen LogP contribution is -2.32. The third-order valence-electron chi connectivity index (χ3n) is 1.93. The van der Waals surface area contributed by atoms with Gasteiger partial charge in [-0.1, -0.05) is 0 Å². The Balaban J connectivity index is 2.42. The lowest BCUT2D eigenvalue weighted by molar-refractivity contribution is -0.119. The van der Waals surface area contributed by atoms with Crippen LogP contribution in [0.25, 0.3) is 0 Å². The molecule has 1 heterocycles. The van der Waals surface area contributed by atoms with E-state index in [1.807, 2.05) is 19.2 Å². The molecule has 0 fully saturated rings. The van der Waals surface area contributed by atoms with E-state index in [0.717, 1.165) is 10.7 Å². The number of aryl methyl sites for hydroxylation is 1. The highest BCUT2D eigenvalue weighted by atomic mass is 32.1. The number of thiazole rings is 1. The van der Waals surface area contributed by atoms with Crippen molar-refractivity contribution in [2.75, 3.05) is 13.6 Å². The molecule has 0 aliphatic carbocycles. The summed E-state index contributed by atoms with van der Waals surface area (Å²) in [4.78, 5) is 15.3. The van der Waals surface area contributed by atoms with Crippen molar-refractivity contribution < 1.29 is 4.79 Å². The molecule has 0 saturated carbocycles. The van der Waals surface area contributed by atoms with Crippen LogP contribution >= 0.6 is 11.3 Å². The molecule has 1 aromatic rings. The van der Waals surface area contributed by atoms with Crippen LogP contribution in [0.5, 0.6) is 0 Å². The monoisotopic (exact) mass is 213 g/mol. The quantitative estimate of drug-likeness (QED) is 0.779. The first kappa shape index (κ1) is 11.1. The highest BCUT2D eigenvalue weighted by molar-refractivity contribution is 7.09. The van der Waals surface area contributed by atoms with Crippen molar-refractivity contribution in [2.45, 2.75) is 19.9 Å². The smallest absolute Gasteiger partial charge is 0.233 e. The Labute approximate surface area is 87.7 Å². The van der Waals surface area contributed by atoms with Gasteiger partial charge in [-0.2, -0.15) is 0 Å². The molecule has 78 valence electrons. The summed E-state index contributed by atoms with van der Waals surface area (Å²) < 4.78 is 0. The maximum atomic E-state index is 11.0. The minimum absolute atomic E-state index is 0.0104. The molecular weight excluding hydrogens is 198 g/mol. The second-order valence-electron chi connectivity index (χ2n) is 3.07. The van der Waals surface area contributed by atoms with Crippen LogP contribution in [0.3, 0.4) is 0 Å². The van der Waals surface area contributed by atoms with Crippen molar-refractivity contribution in [3.8, 4) is 0 Å². The topological polar surface area (TPSA) is 54.0 Å². The Morgan fingerprint density at radius 2 is 2.43 bits per heavy atom. The van der Waals surface area contributed by atoms with Crippen LogP contribution in [0.2, 0.25) is 0 Å². The van der Waals surface area contributed by atoms with E-state index in [1.165, 1.54) is 0 Å². The molecule has 0 aliphatic heterocycles. The zero-order chi connectivity index (χ0) is 10.6. The van der Waals surface area contributed by atoms with Gasteiger partial charge < -0.3 is 10.6 Å². The molecular formula is C9H15N3OS. The number of hydrogen-bond donors (Lipinski definition) is 2. The number of nitrogens with one attached hydrogen (secondary N) is 2. The average molecular weight is 213 g/mol. The standard InChI is InChI=1S/C9H15N3OS/c1-6(11-4-9(13)10-3)8-5-14-7(2)12-8/h5-6,11H,4H2,1-3H3,(H,10,13). The fourth-order valence-electron chi connectivity index (χ4n) is 1.02. The van der Waals surface area contributed by atoms with E-state index in [1.54, 1.807) is 18.4 Å². The Bertz CT molecular complexity index is 311. The third kappa shape index (κ3) is 3.08. The van der Waals surface area contributed by atoms with E-state index in [2.05, 4.69) is 15.6 Å². The van der Waals surface area contributed by atoms with Crippen LogP contribution in [0, 0.1) is 6.92 Å². The highest BCUT2D eigenvalue weighted by Gasteiger charge is 2.09. The molecule has 1 amide bonds. The summed E-state index contributed by atoms with van der Waals surface area (Å²) in [6.45, 7) is 4.30. The predicted molar refractivity (Wildman–Crippen MR) is 57.3 cm³/mol. The lowest BCUT2D eigenvalue weighted by Gasteiger charge is -2.09. The fourth-order valence-corrected chi connectivity index (χ4v) is 1.72. The van der Waals surface area contributed by atoms with Gasteiger partial charge in [0.15, 0.2) is 0 Å². The summed E-state index contributed by atoms with van der Waals surface area (Å²) >= 11 is 1.62. The van der Waals surface area contributed by atoms with Gasteiger partial charge in [0.2, 0.25) is 5.91 Å². The van der Waals surface area contributed by atoms with E-state index in [-0.39, 0.29) is 11.9 Å². The number of amides is 1. The van der Waals surface area contributed by atoms with Crippen molar-refractivity contribution in [2.24, 2.45) is 0 Å². The molecule has 1 aromatic heterocycles. The molecule has 0 radical (unpaired) electrons. The van der Waals surface area contributed by atoms with Gasteiger partial charge >= 0.3 is 0 Å². The van der Waals surface area contributed by atoms with Gasteiger partial charge in [-0.3, -0.25) is 4.79 Å². The molecule has 4 nitrogen and oxygen atoms in total. The Hall–Kier alpha value is -0.940. The highest BCUT2D eigenvalue weighted by Crippen LogP contribution is 2.14. The second kappa shape index (κ2) is 5.07. The first-order valence-corrected chi connectivity index (χ1v) is 5.37. The van der Waals surface area contributed by atoms with E-state index >= 15 is 0 Å². The van der Waals surface area contributed by atoms with Gasteiger partial charge in [-0.25, -0.2) is 4.98 Å². The van der Waals surface area contributed by atoms with Gasteiger partial charge in [0.05, 0.1) is 17.2 Å². The molecule has 5 heteroatoms. The van der Waals surface area contributed by atoms with Crippen molar-refractivity contribution in [3.63, 3.8) is 0 Å². The third-order valence-corrected chi connectivity index (χ3v) is 2.72. The number of likely N-dealkylation sites (N-methyl/N-ethyl adjacent to an activating group) is 1. The average Bonchev–Trinajstić information content (AvgIpc) is 2.60. The van der Waals surface area contributed by atoms with Gasteiger partial charge in [-0.05, 0) is 13.8 Å². The molecule has 0 aromatic carbocycles. The molecule has 2 N–H and O–H groups in total. The zero-order valence-corrected chi connectivity index (χ0v) is 9.44. The number of rotatable bonds is 4. The van der Waals surface area contributed by atoms with Crippen LogP contribution in [0.4, 0.5) is 0 Å². The first-order chi connectivity index (χ1) is 6.63. The van der Waals surface area contributed by atoms with E-state index in [0.29, 0.717) is 6.54 Å². The summed E-state index contributed by atoms with van der Waals surface area (Å²) in [6, 6.07) is 0.122. The molecule has 0 aliphatic rings. The summed E-state index contributed by atoms with van der Waals surface area (Å²) in [5.41, 5.74) is 0.997. The minimum Gasteiger partial charge on any atom is -0.358 e. The van der Waals surface area contributed by atoms with Crippen LogP contribution in [0.15, 0.2) is 5.38 Å². The maximum Gasteiger partial charge on any atom is 0.233 e. The van der Waals surface area contributed by atoms with Gasteiger partial charge in [-0.15, -0.1) is 11.3 Å². The second-order valence-corrected chi connectivity index (χ2v) is 4.13. The summed E-state index contributed by atoms with van der Waals surface area (Å²) in [5, 5.41) is 8.71. The summed E-state index contributed by atoms with van der Waals surface area (Å²) in [7, 11) is 1.63. The normalized spacial score (nSPS) is 12.5. The SMILES string of the molecule is CNC(=O)CNC(C)c1csc(C)n1. The summed E-state index contributed by atoms with van der Waals surface area (Å²) in [5.74, 6) is -0.0104. The number of nitrogens with zero attached hydrogens (tertiary/aromatic N) is 1. The summed E-state index contributed by atoms with van der Waals surface area (Å²) in [6.07, 6.45) is 0. The molecule has 1 unspecified atom stereocenters. The Morgan fingerprint density at radius 3 is 2.93 bits per heavy atom. The molecule has 0 spiro atoms.